The van der Waals surface area contributed by atoms with E-state index in [-0.39, 0.29) is 40.8 Å². The van der Waals surface area contributed by atoms with Gasteiger partial charge in [0.1, 0.15) is 22.9 Å². The zero-order valence-electron chi connectivity index (χ0n) is 26.3. The second-order valence-electron chi connectivity index (χ2n) is 11.9. The molecule has 0 saturated heterocycles. The van der Waals surface area contributed by atoms with Crippen molar-refractivity contribution < 1.29 is 33.1 Å². The number of hydrogen-bond acceptors (Lipinski definition) is 8. The van der Waals surface area contributed by atoms with Gasteiger partial charge in [-0.2, -0.15) is 0 Å². The van der Waals surface area contributed by atoms with Crippen LogP contribution in [0.4, 0.5) is 4.39 Å². The number of aliphatic imine (C=N–C) groups is 1. The van der Waals surface area contributed by atoms with Crippen LogP contribution in [0.15, 0.2) is 77.0 Å². The van der Waals surface area contributed by atoms with Gasteiger partial charge in [0.25, 0.3) is 0 Å². The molecule has 0 bridgehead atoms. The van der Waals surface area contributed by atoms with Crippen molar-refractivity contribution in [2.24, 2.45) is 15.5 Å². The fourth-order valence-electron chi connectivity index (χ4n) is 4.01. The minimum atomic E-state index is -0.783. The van der Waals surface area contributed by atoms with Crippen molar-refractivity contribution in [2.75, 3.05) is 39.6 Å². The lowest BCUT2D eigenvalue weighted by molar-refractivity contribution is -0.841. The van der Waals surface area contributed by atoms with Crippen molar-refractivity contribution in [3.63, 3.8) is 0 Å². The van der Waals surface area contributed by atoms with Gasteiger partial charge in [0, 0.05) is 29.8 Å². The third-order valence-electron chi connectivity index (χ3n) is 7.45. The molecule has 1 aliphatic rings. The number of halogens is 1. The highest BCUT2D eigenvalue weighted by Gasteiger charge is 2.33. The number of aromatic nitrogens is 1. The summed E-state index contributed by atoms with van der Waals surface area (Å²) < 4.78 is 36.2. The summed E-state index contributed by atoms with van der Waals surface area (Å²) in [5.74, 6) is 0.701. The van der Waals surface area contributed by atoms with Crippen LogP contribution in [0.3, 0.4) is 0 Å². The zero-order chi connectivity index (χ0) is 31.9. The van der Waals surface area contributed by atoms with Crippen LogP contribution in [-0.4, -0.2) is 67.1 Å². The Bertz CT molecular complexity index is 1470. The average molecular weight is 625 g/mol. The number of ether oxygens (including phenoxy) is 4. The molecule has 1 atom stereocenters. The van der Waals surface area contributed by atoms with E-state index in [1.54, 1.807) is 38.2 Å². The van der Waals surface area contributed by atoms with E-state index in [0.29, 0.717) is 35.1 Å². The van der Waals surface area contributed by atoms with Gasteiger partial charge in [-0.25, -0.2) is 9.37 Å². The highest BCUT2D eigenvalue weighted by molar-refractivity contribution is 7.96. The lowest BCUT2D eigenvalue weighted by Gasteiger charge is -2.21. The van der Waals surface area contributed by atoms with Gasteiger partial charge in [-0.05, 0) is 74.5 Å². The Morgan fingerprint density at radius 2 is 1.59 bits per heavy atom. The summed E-state index contributed by atoms with van der Waals surface area (Å²) in [6, 6.07) is 17.6. The number of rotatable bonds is 13. The van der Waals surface area contributed by atoms with E-state index >= 15 is 0 Å². The number of nitrogens with zero attached hydrogens (tertiary/aromatic N) is 3. The predicted octanol–water partition coefficient (Wildman–Crippen LogP) is 4.48. The highest BCUT2D eigenvalue weighted by atomic mass is 32.2. The van der Waals surface area contributed by atoms with E-state index in [1.807, 2.05) is 30.3 Å². The van der Waals surface area contributed by atoms with Crippen molar-refractivity contribution in [3.05, 3.63) is 78.2 Å². The van der Waals surface area contributed by atoms with E-state index < -0.39 is 5.41 Å². The van der Waals surface area contributed by atoms with Gasteiger partial charge < -0.3 is 18.9 Å². The quantitative estimate of drug-likeness (QED) is 0.171. The first kappa shape index (κ1) is 33.1. The molecule has 9 nitrogen and oxygen atoms in total. The molecule has 234 valence electrons. The molecule has 0 saturated carbocycles. The topological polar surface area (TPSA) is 96.0 Å². The number of methoxy groups -OCH3 is 1. The molecule has 0 spiro atoms. The summed E-state index contributed by atoms with van der Waals surface area (Å²) in [6.45, 7) is 9.00. The lowest BCUT2D eigenvalue weighted by Crippen LogP contribution is -3.10. The van der Waals surface area contributed by atoms with Gasteiger partial charge in [-0.3, -0.25) is 4.79 Å². The molecule has 0 amide bonds. The van der Waals surface area contributed by atoms with Gasteiger partial charge in [0.2, 0.25) is 18.4 Å². The van der Waals surface area contributed by atoms with Gasteiger partial charge in [-0.15, -0.1) is 10.0 Å². The fourth-order valence-corrected chi connectivity index (χ4v) is 4.50. The van der Waals surface area contributed by atoms with Crippen molar-refractivity contribution in [1.29, 1.82) is 0 Å². The Kier molecular flexibility index (Phi) is 10.8. The van der Waals surface area contributed by atoms with Gasteiger partial charge in [0.15, 0.2) is 0 Å². The summed E-state index contributed by atoms with van der Waals surface area (Å²) in [5.41, 5.74) is 1.88. The number of benzene rings is 2. The molecule has 44 heavy (non-hydrogen) atoms. The summed E-state index contributed by atoms with van der Waals surface area (Å²) in [6.07, 6.45) is 7.13. The summed E-state index contributed by atoms with van der Waals surface area (Å²) in [5, 5.41) is 5.32. The summed E-state index contributed by atoms with van der Waals surface area (Å²) >= 11 is 0. The van der Waals surface area contributed by atoms with Crippen molar-refractivity contribution in [2.45, 2.75) is 38.9 Å². The Morgan fingerprint density at radius 1 is 0.932 bits per heavy atom. The Labute approximate surface area is 261 Å². The molecule has 3 aromatic rings. The van der Waals surface area contributed by atoms with E-state index in [2.05, 4.69) is 36.3 Å². The number of carbonyl (C=O) groups excluding carboxylic acids is 1. The molecular weight excluding hydrogens is 583 g/mol. The number of hydrogen-bond donors (Lipinski definition) is 1. The number of quaternary nitrogens is 1. The molecular formula is C33H41FN4O5S+2. The van der Waals surface area contributed by atoms with Crippen LogP contribution in [-0.2, 0) is 25.2 Å². The average Bonchev–Trinajstić information content (AvgIpc) is 3.41. The van der Waals surface area contributed by atoms with Crippen LogP contribution in [0.2, 0.25) is 0 Å². The van der Waals surface area contributed by atoms with Crippen molar-refractivity contribution in [1.82, 2.24) is 4.98 Å². The Hall–Kier alpha value is -3.80. The van der Waals surface area contributed by atoms with Crippen molar-refractivity contribution in [3.8, 4) is 22.8 Å². The van der Waals surface area contributed by atoms with E-state index in [0.717, 1.165) is 23.1 Å². The molecule has 2 aromatic carbocycles. The largest absolute Gasteiger partial charge is 0.476 e. The molecule has 1 aromatic heterocycles. The van der Waals surface area contributed by atoms with Crippen LogP contribution in [0, 0.1) is 11.2 Å². The molecule has 1 aliphatic heterocycles. The number of carbonyl (C=O) groups is 1. The minimum absolute atomic E-state index is 0.149. The molecule has 0 radical (unpaired) electrons. The summed E-state index contributed by atoms with van der Waals surface area (Å²) in [4.78, 5) is 20.9. The number of pyridine rings is 1. The maximum Gasteiger partial charge on any atom is 0.434 e. The van der Waals surface area contributed by atoms with Crippen molar-refractivity contribution >= 4 is 28.7 Å². The second-order valence-corrected chi connectivity index (χ2v) is 14.6. The lowest BCUT2D eigenvalue weighted by atomic mass is 9.95. The first-order valence-corrected chi connectivity index (χ1v) is 16.3. The molecule has 1 unspecified atom stereocenters. The van der Waals surface area contributed by atoms with Crippen LogP contribution in [0.25, 0.3) is 11.1 Å². The number of amidine groups is 2. The first-order chi connectivity index (χ1) is 20.9. The van der Waals surface area contributed by atoms with E-state index in [4.69, 9.17) is 24.0 Å². The molecule has 11 heteroatoms. The maximum atomic E-state index is 13.5. The van der Waals surface area contributed by atoms with Crippen LogP contribution in [0.5, 0.6) is 11.6 Å². The molecule has 2 heterocycles. The van der Waals surface area contributed by atoms with Gasteiger partial charge >= 0.3 is 12.0 Å². The summed E-state index contributed by atoms with van der Waals surface area (Å²) in [7, 11) is 1.62. The first-order valence-electron chi connectivity index (χ1n) is 14.3. The molecule has 0 fully saturated rings. The third kappa shape index (κ3) is 8.64. The van der Waals surface area contributed by atoms with E-state index in [1.165, 1.54) is 19.2 Å². The SMILES string of the molecule is COC(=O)C(C)(C)COc1ccc(-c2ccc(C3=N[NH+](COCCC(C)(C)[S+](C)C)C(Oc4ccc(F)cc4)=N3)cc2)cn1. The smallest absolute Gasteiger partial charge is 0.434 e. The minimum Gasteiger partial charge on any atom is -0.476 e. The Balaban J connectivity index is 1.44. The molecule has 4 rings (SSSR count). The fraction of sp³-hybridized carbons (Fsp3) is 0.394. The van der Waals surface area contributed by atoms with Crippen LogP contribution in [0.1, 0.15) is 39.7 Å². The van der Waals surface area contributed by atoms with Crippen LogP contribution >= 0.6 is 0 Å². The van der Waals surface area contributed by atoms with Gasteiger partial charge in [0.05, 0.1) is 31.6 Å². The molecule has 1 N–H and O–H groups in total. The Morgan fingerprint density at radius 3 is 2.20 bits per heavy atom. The third-order valence-corrected chi connectivity index (χ3v) is 9.86. The standard InChI is InChI=1S/C33H40FN4O5S/c1-32(2,30(39)40-5)21-42-28-17-12-25(20-35-28)23-8-10-24(11-9-23)29-36-31(43-27-15-13-26(34)14-16-27)38(37-29)22-41-19-18-33(3,4)44(6)7/h8-17,20H,18-19,21-22H2,1-7H3/q+1/p+1. The monoisotopic (exact) mass is 624 g/mol. The zero-order valence-corrected chi connectivity index (χ0v) is 27.2. The second kappa shape index (κ2) is 14.3. The van der Waals surface area contributed by atoms with Gasteiger partial charge in [-0.1, -0.05) is 29.4 Å². The maximum absolute atomic E-state index is 13.5. The highest BCUT2D eigenvalue weighted by Crippen LogP contribution is 2.24. The van der Waals surface area contributed by atoms with E-state index in [9.17, 15) is 9.18 Å². The number of nitrogens with one attached hydrogen (secondary N) is 1. The van der Waals surface area contributed by atoms with Crippen LogP contribution < -0.4 is 14.5 Å². The normalized spacial score (nSPS) is 15.2. The molecule has 0 aliphatic carbocycles. The predicted molar refractivity (Wildman–Crippen MR) is 172 cm³/mol. The number of esters is 1.